The summed E-state index contributed by atoms with van der Waals surface area (Å²) in [6, 6.07) is 24.4. The first-order valence-electron chi connectivity index (χ1n) is 10.8. The third-order valence-corrected chi connectivity index (χ3v) is 5.02. The highest BCUT2D eigenvalue weighted by Gasteiger charge is 2.12. The Hall–Kier alpha value is -3.80. The fraction of sp³-hybridized carbons (Fsp3) is 0.231. The van der Waals surface area contributed by atoms with Crippen LogP contribution in [0.2, 0.25) is 0 Å². The van der Waals surface area contributed by atoms with E-state index < -0.39 is 0 Å². The first-order valence-corrected chi connectivity index (χ1v) is 10.8. The summed E-state index contributed by atoms with van der Waals surface area (Å²) in [4.78, 5) is 26.4. The Morgan fingerprint density at radius 1 is 0.812 bits per heavy atom. The number of benzene rings is 3. The van der Waals surface area contributed by atoms with Gasteiger partial charge in [0.05, 0.1) is 6.54 Å². The van der Waals surface area contributed by atoms with Gasteiger partial charge in [-0.3, -0.25) is 9.59 Å². The summed E-state index contributed by atoms with van der Waals surface area (Å²) < 4.78 is 5.76. The van der Waals surface area contributed by atoms with Crippen LogP contribution in [0.1, 0.15) is 29.8 Å². The molecular weight excluding hydrogens is 402 g/mol. The van der Waals surface area contributed by atoms with E-state index in [-0.39, 0.29) is 18.4 Å². The molecule has 0 aromatic heterocycles. The van der Waals surface area contributed by atoms with Gasteiger partial charge >= 0.3 is 0 Å². The normalized spacial score (nSPS) is 10.3. The predicted molar refractivity (Wildman–Crippen MR) is 128 cm³/mol. The lowest BCUT2D eigenvalue weighted by Gasteiger charge is -2.18. The molecule has 3 rings (SSSR count). The molecule has 0 spiro atoms. The maximum absolute atomic E-state index is 12.4. The van der Waals surface area contributed by atoms with Crippen LogP contribution in [0.4, 0.5) is 11.4 Å². The number of rotatable bonds is 10. The second kappa shape index (κ2) is 11.6. The zero-order valence-electron chi connectivity index (χ0n) is 18.5. The largest absolute Gasteiger partial charge is 0.489 e. The van der Waals surface area contributed by atoms with E-state index in [9.17, 15) is 9.59 Å². The Kier molecular flexibility index (Phi) is 8.26. The van der Waals surface area contributed by atoms with Crippen molar-refractivity contribution in [3.63, 3.8) is 0 Å². The fourth-order valence-corrected chi connectivity index (χ4v) is 3.19. The second-order valence-corrected chi connectivity index (χ2v) is 7.26. The molecule has 3 aromatic carbocycles. The van der Waals surface area contributed by atoms with E-state index in [1.165, 1.54) is 0 Å². The number of carbonyl (C=O) groups excluding carboxylic acids is 2. The molecule has 32 heavy (non-hydrogen) atoms. The van der Waals surface area contributed by atoms with Crippen molar-refractivity contribution in [2.45, 2.75) is 20.5 Å². The number of nitrogens with zero attached hydrogens (tertiary/aromatic N) is 1. The van der Waals surface area contributed by atoms with Crippen LogP contribution < -0.4 is 15.4 Å². The summed E-state index contributed by atoms with van der Waals surface area (Å²) in [7, 11) is 0. The van der Waals surface area contributed by atoms with Crippen molar-refractivity contribution in [3.05, 3.63) is 90.0 Å². The van der Waals surface area contributed by atoms with Gasteiger partial charge in [-0.25, -0.2) is 0 Å². The molecular formula is C26H29N3O3. The number of nitrogens with one attached hydrogen (secondary N) is 2. The van der Waals surface area contributed by atoms with E-state index in [0.29, 0.717) is 30.9 Å². The van der Waals surface area contributed by atoms with Crippen molar-refractivity contribution in [1.82, 2.24) is 4.90 Å². The minimum absolute atomic E-state index is 0.00971. The van der Waals surface area contributed by atoms with Crippen LogP contribution in [0.3, 0.4) is 0 Å². The molecule has 0 aliphatic rings. The molecule has 6 nitrogen and oxygen atoms in total. The molecule has 0 bridgehead atoms. The number of carbonyl (C=O) groups is 2. The van der Waals surface area contributed by atoms with Gasteiger partial charge < -0.3 is 20.3 Å². The van der Waals surface area contributed by atoms with Crippen molar-refractivity contribution >= 4 is 23.2 Å². The fourth-order valence-electron chi connectivity index (χ4n) is 3.19. The van der Waals surface area contributed by atoms with Crippen LogP contribution in [-0.4, -0.2) is 36.3 Å². The number of ether oxygens (including phenoxy) is 1. The highest BCUT2D eigenvalue weighted by molar-refractivity contribution is 5.95. The summed E-state index contributed by atoms with van der Waals surface area (Å²) in [5, 5.41) is 5.93. The monoisotopic (exact) mass is 431 g/mol. The average Bonchev–Trinajstić information content (AvgIpc) is 2.84. The maximum Gasteiger partial charge on any atom is 0.253 e. The molecule has 0 saturated heterocycles. The highest BCUT2D eigenvalue weighted by atomic mass is 16.5. The van der Waals surface area contributed by atoms with Crippen LogP contribution >= 0.6 is 0 Å². The smallest absolute Gasteiger partial charge is 0.253 e. The van der Waals surface area contributed by atoms with Crippen LogP contribution in [0.15, 0.2) is 78.9 Å². The standard InChI is InChI=1S/C26H29N3O3/c1-3-29(4-2)26(31)21-10-12-22(13-11-21)27-18-25(30)28-23-14-16-24(17-15-23)32-19-20-8-6-5-7-9-20/h5-17,27H,3-4,18-19H2,1-2H3,(H,28,30). The summed E-state index contributed by atoms with van der Waals surface area (Å²) in [5.74, 6) is 0.589. The molecule has 2 amide bonds. The van der Waals surface area contributed by atoms with Gasteiger partial charge in [-0.2, -0.15) is 0 Å². The molecule has 0 aliphatic carbocycles. The lowest BCUT2D eigenvalue weighted by Crippen LogP contribution is -2.30. The predicted octanol–water partition coefficient (Wildman–Crippen LogP) is 4.80. The molecule has 0 atom stereocenters. The van der Waals surface area contributed by atoms with Gasteiger partial charge in [0.1, 0.15) is 12.4 Å². The number of hydrogen-bond donors (Lipinski definition) is 2. The lowest BCUT2D eigenvalue weighted by molar-refractivity contribution is -0.114. The number of anilines is 2. The Morgan fingerprint density at radius 2 is 1.44 bits per heavy atom. The quantitative estimate of drug-likeness (QED) is 0.484. The van der Waals surface area contributed by atoms with Gasteiger partial charge in [0.15, 0.2) is 0 Å². The van der Waals surface area contributed by atoms with Gasteiger partial charge in [0.2, 0.25) is 5.91 Å². The van der Waals surface area contributed by atoms with Crippen molar-refractivity contribution in [2.75, 3.05) is 30.3 Å². The molecule has 3 aromatic rings. The first-order chi connectivity index (χ1) is 15.6. The maximum atomic E-state index is 12.4. The van der Waals surface area contributed by atoms with Crippen LogP contribution in [0.5, 0.6) is 5.75 Å². The lowest BCUT2D eigenvalue weighted by atomic mass is 10.1. The summed E-state index contributed by atoms with van der Waals surface area (Å²) in [6.07, 6.45) is 0. The average molecular weight is 432 g/mol. The Bertz CT molecular complexity index is 999. The summed E-state index contributed by atoms with van der Waals surface area (Å²) >= 11 is 0. The molecule has 166 valence electrons. The molecule has 0 fully saturated rings. The Balaban J connectivity index is 1.45. The van der Waals surface area contributed by atoms with E-state index in [0.717, 1.165) is 17.0 Å². The van der Waals surface area contributed by atoms with E-state index in [2.05, 4.69) is 10.6 Å². The molecule has 0 aliphatic heterocycles. The van der Waals surface area contributed by atoms with Crippen LogP contribution in [-0.2, 0) is 11.4 Å². The molecule has 0 saturated carbocycles. The Labute approximate surface area is 189 Å². The molecule has 0 heterocycles. The first kappa shape index (κ1) is 22.9. The van der Waals surface area contributed by atoms with E-state index >= 15 is 0 Å². The SMILES string of the molecule is CCN(CC)C(=O)c1ccc(NCC(=O)Nc2ccc(OCc3ccccc3)cc2)cc1. The van der Waals surface area contributed by atoms with E-state index in [4.69, 9.17) is 4.74 Å². The minimum atomic E-state index is -0.161. The van der Waals surface area contributed by atoms with Crippen LogP contribution in [0, 0.1) is 0 Å². The zero-order valence-corrected chi connectivity index (χ0v) is 18.5. The Morgan fingerprint density at radius 3 is 2.06 bits per heavy atom. The van der Waals surface area contributed by atoms with Gasteiger partial charge in [-0.05, 0) is 67.9 Å². The number of hydrogen-bond acceptors (Lipinski definition) is 4. The van der Waals surface area contributed by atoms with Gasteiger partial charge in [-0.15, -0.1) is 0 Å². The zero-order chi connectivity index (χ0) is 22.8. The molecule has 0 unspecified atom stereocenters. The van der Waals surface area contributed by atoms with Gasteiger partial charge in [0.25, 0.3) is 5.91 Å². The summed E-state index contributed by atoms with van der Waals surface area (Å²) in [6.45, 7) is 5.89. The van der Waals surface area contributed by atoms with Crippen LogP contribution in [0.25, 0.3) is 0 Å². The summed E-state index contributed by atoms with van der Waals surface area (Å²) in [5.41, 5.74) is 3.21. The third kappa shape index (κ3) is 6.60. The topological polar surface area (TPSA) is 70.7 Å². The highest BCUT2D eigenvalue weighted by Crippen LogP contribution is 2.17. The van der Waals surface area contributed by atoms with Crippen molar-refractivity contribution in [3.8, 4) is 5.75 Å². The molecule has 6 heteroatoms. The molecule has 2 N–H and O–H groups in total. The van der Waals surface area contributed by atoms with Crippen molar-refractivity contribution in [2.24, 2.45) is 0 Å². The second-order valence-electron chi connectivity index (χ2n) is 7.26. The van der Waals surface area contributed by atoms with E-state index in [1.807, 2.05) is 80.6 Å². The van der Waals surface area contributed by atoms with Gasteiger partial charge in [0, 0.05) is 30.0 Å². The number of amides is 2. The van der Waals surface area contributed by atoms with Gasteiger partial charge in [-0.1, -0.05) is 30.3 Å². The molecule has 0 radical (unpaired) electrons. The minimum Gasteiger partial charge on any atom is -0.489 e. The van der Waals surface area contributed by atoms with Crippen molar-refractivity contribution < 1.29 is 14.3 Å². The third-order valence-electron chi connectivity index (χ3n) is 5.02. The van der Waals surface area contributed by atoms with Crippen molar-refractivity contribution in [1.29, 1.82) is 0 Å². The van der Waals surface area contributed by atoms with E-state index in [1.54, 1.807) is 17.0 Å².